The second kappa shape index (κ2) is 5.07. The number of hydrogen-bond donors (Lipinski definition) is 2. The van der Waals surface area contributed by atoms with Gasteiger partial charge < -0.3 is 16.0 Å². The van der Waals surface area contributed by atoms with Crippen molar-refractivity contribution in [1.29, 1.82) is 0 Å². The average Bonchev–Trinajstić information content (AvgIpc) is 2.23. The number of nitrogens with two attached hydrogens (primary N) is 1. The lowest BCUT2D eigenvalue weighted by Gasteiger charge is -2.47. The molecule has 94 valence electrons. The third-order valence-electron chi connectivity index (χ3n) is 4.06. The maximum absolute atomic E-state index is 5.93. The summed E-state index contributed by atoms with van der Waals surface area (Å²) in [5, 5.41) is 3.54. The normalized spacial score (nSPS) is 18.1. The summed E-state index contributed by atoms with van der Waals surface area (Å²) in [6.45, 7) is 1.91. The molecule has 1 saturated carbocycles. The zero-order valence-corrected chi connectivity index (χ0v) is 10.9. The summed E-state index contributed by atoms with van der Waals surface area (Å²) >= 11 is 0. The molecule has 0 heterocycles. The highest BCUT2D eigenvalue weighted by Crippen LogP contribution is 2.35. The molecule has 0 saturated heterocycles. The van der Waals surface area contributed by atoms with Crippen LogP contribution in [0.1, 0.15) is 24.8 Å². The number of nitrogen functional groups attached to an aromatic ring is 1. The van der Waals surface area contributed by atoms with Crippen molar-refractivity contribution >= 4 is 5.69 Å². The van der Waals surface area contributed by atoms with E-state index in [1.807, 2.05) is 18.2 Å². The molecule has 1 aromatic carbocycles. The van der Waals surface area contributed by atoms with E-state index in [9.17, 15) is 0 Å². The van der Waals surface area contributed by atoms with E-state index in [4.69, 9.17) is 5.73 Å². The molecule has 3 N–H and O–H groups in total. The second-order valence-corrected chi connectivity index (χ2v) is 5.27. The van der Waals surface area contributed by atoms with Gasteiger partial charge in [0.25, 0.3) is 0 Å². The Hall–Kier alpha value is -1.06. The minimum absolute atomic E-state index is 0.379. The van der Waals surface area contributed by atoms with Crippen molar-refractivity contribution in [3.8, 4) is 0 Å². The highest BCUT2D eigenvalue weighted by atomic mass is 15.2. The quantitative estimate of drug-likeness (QED) is 0.763. The number of likely N-dealkylation sites (N-methyl/N-ethyl adjacent to an activating group) is 1. The molecular formula is C14H23N3. The second-order valence-electron chi connectivity index (χ2n) is 5.27. The molecule has 3 heteroatoms. The molecule has 1 aliphatic rings. The van der Waals surface area contributed by atoms with E-state index in [2.05, 4.69) is 30.4 Å². The van der Waals surface area contributed by atoms with Crippen LogP contribution >= 0.6 is 0 Å². The van der Waals surface area contributed by atoms with Gasteiger partial charge in [-0.05, 0) is 45.0 Å². The van der Waals surface area contributed by atoms with Crippen molar-refractivity contribution in [1.82, 2.24) is 10.2 Å². The maximum Gasteiger partial charge on any atom is 0.0359 e. The number of hydrogen-bond acceptors (Lipinski definition) is 3. The molecule has 0 atom stereocenters. The number of benzene rings is 1. The number of nitrogens with zero attached hydrogens (tertiary/aromatic N) is 1. The summed E-state index contributed by atoms with van der Waals surface area (Å²) in [6, 6.07) is 8.07. The van der Waals surface area contributed by atoms with E-state index in [0.29, 0.717) is 5.54 Å². The highest BCUT2D eigenvalue weighted by molar-refractivity contribution is 5.46. The Morgan fingerprint density at radius 3 is 2.53 bits per heavy atom. The predicted molar refractivity (Wildman–Crippen MR) is 72.8 cm³/mol. The molecule has 2 rings (SSSR count). The number of anilines is 1. The molecule has 0 spiro atoms. The third kappa shape index (κ3) is 2.61. The fourth-order valence-electron chi connectivity index (χ4n) is 2.49. The van der Waals surface area contributed by atoms with Gasteiger partial charge in [-0.2, -0.15) is 0 Å². The van der Waals surface area contributed by atoms with Crippen LogP contribution in [-0.2, 0) is 6.54 Å². The van der Waals surface area contributed by atoms with Crippen molar-refractivity contribution in [3.05, 3.63) is 29.8 Å². The van der Waals surface area contributed by atoms with Gasteiger partial charge >= 0.3 is 0 Å². The van der Waals surface area contributed by atoms with Gasteiger partial charge in [0.2, 0.25) is 0 Å². The third-order valence-corrected chi connectivity index (χ3v) is 4.06. The summed E-state index contributed by atoms with van der Waals surface area (Å²) < 4.78 is 0. The van der Waals surface area contributed by atoms with Gasteiger partial charge in [-0.25, -0.2) is 0 Å². The lowest BCUT2D eigenvalue weighted by molar-refractivity contribution is 0.0598. The summed E-state index contributed by atoms with van der Waals surface area (Å²) in [5.41, 5.74) is 8.38. The number of nitrogens with one attached hydrogen (secondary N) is 1. The molecule has 0 unspecified atom stereocenters. The van der Waals surface area contributed by atoms with E-state index >= 15 is 0 Å². The monoisotopic (exact) mass is 233 g/mol. The lowest BCUT2D eigenvalue weighted by Crippen LogP contribution is -2.56. The SMILES string of the molecule is CN(C)C1(CNCc2ccccc2N)CCC1. The Labute approximate surface area is 104 Å². The van der Waals surface area contributed by atoms with Crippen molar-refractivity contribution in [2.24, 2.45) is 0 Å². The largest absolute Gasteiger partial charge is 0.398 e. The molecule has 0 aromatic heterocycles. The minimum Gasteiger partial charge on any atom is -0.398 e. The van der Waals surface area contributed by atoms with Gasteiger partial charge in [-0.1, -0.05) is 18.2 Å². The zero-order valence-electron chi connectivity index (χ0n) is 10.9. The van der Waals surface area contributed by atoms with Gasteiger partial charge in [0.15, 0.2) is 0 Å². The Balaban J connectivity index is 1.85. The topological polar surface area (TPSA) is 41.3 Å². The Morgan fingerprint density at radius 2 is 2.00 bits per heavy atom. The van der Waals surface area contributed by atoms with Crippen molar-refractivity contribution in [2.45, 2.75) is 31.3 Å². The van der Waals surface area contributed by atoms with Crippen LogP contribution < -0.4 is 11.1 Å². The summed E-state index contributed by atoms with van der Waals surface area (Å²) in [5.74, 6) is 0. The van der Waals surface area contributed by atoms with Gasteiger partial charge in [-0.15, -0.1) is 0 Å². The van der Waals surface area contributed by atoms with E-state index in [1.165, 1.54) is 24.8 Å². The standard InChI is InChI=1S/C14H23N3/c1-17(2)14(8-5-9-14)11-16-10-12-6-3-4-7-13(12)15/h3-4,6-7,16H,5,8-11,15H2,1-2H3. The molecule has 0 amide bonds. The molecule has 1 fully saturated rings. The first kappa shape index (κ1) is 12.4. The number of rotatable bonds is 5. The van der Waals surface area contributed by atoms with E-state index in [-0.39, 0.29) is 0 Å². The fourth-order valence-corrected chi connectivity index (χ4v) is 2.49. The Morgan fingerprint density at radius 1 is 1.29 bits per heavy atom. The van der Waals surface area contributed by atoms with Gasteiger partial charge in [0, 0.05) is 24.3 Å². The highest BCUT2D eigenvalue weighted by Gasteiger charge is 2.38. The van der Waals surface area contributed by atoms with Crippen LogP contribution in [0.4, 0.5) is 5.69 Å². The molecule has 0 aliphatic heterocycles. The predicted octanol–water partition coefficient (Wildman–Crippen LogP) is 1.84. The first-order chi connectivity index (χ1) is 8.14. The van der Waals surface area contributed by atoms with Crippen LogP contribution in [0.2, 0.25) is 0 Å². The summed E-state index contributed by atoms with van der Waals surface area (Å²) in [6.07, 6.45) is 3.96. The summed E-state index contributed by atoms with van der Waals surface area (Å²) in [4.78, 5) is 2.36. The first-order valence-corrected chi connectivity index (χ1v) is 6.36. The molecule has 0 bridgehead atoms. The fraction of sp³-hybridized carbons (Fsp3) is 0.571. The zero-order chi connectivity index (χ0) is 12.3. The molecule has 1 aromatic rings. The van der Waals surface area contributed by atoms with Crippen LogP contribution in [0.3, 0.4) is 0 Å². The number of para-hydroxylation sites is 1. The van der Waals surface area contributed by atoms with Crippen LogP contribution in [0.25, 0.3) is 0 Å². The Bertz CT molecular complexity index is 369. The van der Waals surface area contributed by atoms with Crippen molar-refractivity contribution in [3.63, 3.8) is 0 Å². The molecule has 1 aliphatic carbocycles. The van der Waals surface area contributed by atoms with Crippen LogP contribution in [0.5, 0.6) is 0 Å². The molecule has 17 heavy (non-hydrogen) atoms. The van der Waals surface area contributed by atoms with Gasteiger partial charge in [0.05, 0.1) is 0 Å². The van der Waals surface area contributed by atoms with Crippen LogP contribution in [-0.4, -0.2) is 31.1 Å². The average molecular weight is 233 g/mol. The van der Waals surface area contributed by atoms with E-state index in [0.717, 1.165) is 18.8 Å². The first-order valence-electron chi connectivity index (χ1n) is 6.36. The maximum atomic E-state index is 5.93. The smallest absolute Gasteiger partial charge is 0.0359 e. The van der Waals surface area contributed by atoms with Crippen LogP contribution in [0, 0.1) is 0 Å². The van der Waals surface area contributed by atoms with Crippen molar-refractivity contribution in [2.75, 3.05) is 26.4 Å². The molecular weight excluding hydrogens is 210 g/mol. The van der Waals surface area contributed by atoms with Gasteiger partial charge in [-0.3, -0.25) is 0 Å². The van der Waals surface area contributed by atoms with Crippen molar-refractivity contribution < 1.29 is 0 Å². The van der Waals surface area contributed by atoms with E-state index < -0.39 is 0 Å². The van der Waals surface area contributed by atoms with E-state index in [1.54, 1.807) is 0 Å². The molecule has 0 radical (unpaired) electrons. The lowest BCUT2D eigenvalue weighted by atomic mass is 9.75. The summed E-state index contributed by atoms with van der Waals surface area (Å²) in [7, 11) is 4.36. The molecule has 3 nitrogen and oxygen atoms in total. The minimum atomic E-state index is 0.379. The van der Waals surface area contributed by atoms with Crippen LogP contribution in [0.15, 0.2) is 24.3 Å². The Kier molecular flexibility index (Phi) is 3.69. The van der Waals surface area contributed by atoms with Gasteiger partial charge in [0.1, 0.15) is 0 Å².